The van der Waals surface area contributed by atoms with Crippen molar-refractivity contribution in [2.24, 2.45) is 5.73 Å². The predicted octanol–water partition coefficient (Wildman–Crippen LogP) is 2.42. The summed E-state index contributed by atoms with van der Waals surface area (Å²) in [5, 5.41) is 5.79. The van der Waals surface area contributed by atoms with Gasteiger partial charge in [-0.25, -0.2) is 4.98 Å². The molecule has 1 aromatic carbocycles. The summed E-state index contributed by atoms with van der Waals surface area (Å²) in [6, 6.07) is 5.60. The highest BCUT2D eigenvalue weighted by molar-refractivity contribution is 5.85. The Bertz CT molecular complexity index is 684. The molecule has 1 amide bonds. The number of rotatable bonds is 10. The second-order valence-electron chi connectivity index (χ2n) is 6.14. The van der Waals surface area contributed by atoms with E-state index in [2.05, 4.69) is 39.5 Å². The van der Waals surface area contributed by atoms with E-state index in [0.29, 0.717) is 12.1 Å². The topological polar surface area (TPSA) is 99.1 Å². The summed E-state index contributed by atoms with van der Waals surface area (Å²) in [7, 11) is 3.94. The number of imidazole rings is 1. The molecule has 0 bridgehead atoms. The Hall–Kier alpha value is -2.38. The highest BCUT2D eigenvalue weighted by atomic mass is 16.1. The van der Waals surface area contributed by atoms with Crippen LogP contribution < -0.4 is 16.4 Å². The monoisotopic (exact) mass is 344 g/mol. The van der Waals surface area contributed by atoms with Crippen LogP contribution in [-0.4, -0.2) is 48.5 Å². The molecule has 1 heterocycles. The van der Waals surface area contributed by atoms with Crippen molar-refractivity contribution in [2.75, 3.05) is 37.8 Å². The molecule has 0 aliphatic rings. The van der Waals surface area contributed by atoms with Crippen molar-refractivity contribution in [3.8, 4) is 11.3 Å². The van der Waals surface area contributed by atoms with Crippen LogP contribution in [0.25, 0.3) is 11.3 Å². The lowest BCUT2D eigenvalue weighted by atomic mass is 10.1. The Labute approximate surface area is 149 Å². The Morgan fingerprint density at radius 1 is 1.40 bits per heavy atom. The SMILES string of the molecule is CCCN(C)CCC(N)c1nc(-c2ccc(NC)cc2NC=O)c[nH]1. The Morgan fingerprint density at radius 2 is 2.20 bits per heavy atom. The zero-order chi connectivity index (χ0) is 18.2. The van der Waals surface area contributed by atoms with Gasteiger partial charge >= 0.3 is 0 Å². The molecule has 2 aromatic rings. The minimum Gasteiger partial charge on any atom is -0.388 e. The van der Waals surface area contributed by atoms with E-state index >= 15 is 0 Å². The molecule has 0 saturated heterocycles. The van der Waals surface area contributed by atoms with Crippen LogP contribution in [0.3, 0.4) is 0 Å². The summed E-state index contributed by atoms with van der Waals surface area (Å²) in [6.07, 6.45) is 4.46. The van der Waals surface area contributed by atoms with Gasteiger partial charge in [0.15, 0.2) is 0 Å². The smallest absolute Gasteiger partial charge is 0.211 e. The van der Waals surface area contributed by atoms with Crippen LogP contribution in [0, 0.1) is 0 Å². The molecule has 7 heteroatoms. The number of hydrogen-bond acceptors (Lipinski definition) is 5. The third-order valence-electron chi connectivity index (χ3n) is 4.17. The summed E-state index contributed by atoms with van der Waals surface area (Å²) in [5.41, 5.74) is 9.51. The fraction of sp³-hybridized carbons (Fsp3) is 0.444. The van der Waals surface area contributed by atoms with Crippen molar-refractivity contribution in [2.45, 2.75) is 25.8 Å². The number of nitrogens with one attached hydrogen (secondary N) is 3. The van der Waals surface area contributed by atoms with Crippen molar-refractivity contribution in [1.29, 1.82) is 0 Å². The number of benzene rings is 1. The van der Waals surface area contributed by atoms with Gasteiger partial charge in [0.25, 0.3) is 0 Å². The Kier molecular flexibility index (Phi) is 6.97. The number of anilines is 2. The molecule has 0 aliphatic carbocycles. The third kappa shape index (κ3) is 5.04. The maximum absolute atomic E-state index is 10.9. The van der Waals surface area contributed by atoms with Crippen molar-refractivity contribution in [3.05, 3.63) is 30.2 Å². The molecule has 1 aromatic heterocycles. The zero-order valence-electron chi connectivity index (χ0n) is 15.2. The van der Waals surface area contributed by atoms with Gasteiger partial charge in [-0.2, -0.15) is 0 Å². The molecule has 1 atom stereocenters. The molecule has 25 heavy (non-hydrogen) atoms. The Morgan fingerprint density at radius 3 is 2.88 bits per heavy atom. The number of carbonyl (C=O) groups is 1. The molecule has 1 unspecified atom stereocenters. The van der Waals surface area contributed by atoms with Gasteiger partial charge in [-0.15, -0.1) is 0 Å². The minimum absolute atomic E-state index is 0.146. The van der Waals surface area contributed by atoms with Crippen LogP contribution in [-0.2, 0) is 4.79 Å². The summed E-state index contributed by atoms with van der Waals surface area (Å²) in [4.78, 5) is 21.0. The predicted molar refractivity (Wildman–Crippen MR) is 103 cm³/mol. The van der Waals surface area contributed by atoms with E-state index in [-0.39, 0.29) is 6.04 Å². The van der Waals surface area contributed by atoms with Crippen LogP contribution >= 0.6 is 0 Å². The number of nitrogens with two attached hydrogens (primary N) is 1. The molecule has 0 fully saturated rings. The van der Waals surface area contributed by atoms with Gasteiger partial charge in [-0.05, 0) is 51.2 Å². The number of aromatic nitrogens is 2. The number of H-pyrrole nitrogens is 1. The van der Waals surface area contributed by atoms with Crippen molar-refractivity contribution in [3.63, 3.8) is 0 Å². The van der Waals surface area contributed by atoms with E-state index < -0.39 is 0 Å². The maximum Gasteiger partial charge on any atom is 0.211 e. The van der Waals surface area contributed by atoms with Crippen LogP contribution in [0.15, 0.2) is 24.4 Å². The number of amides is 1. The van der Waals surface area contributed by atoms with Gasteiger partial charge in [0, 0.05) is 24.5 Å². The maximum atomic E-state index is 10.9. The quantitative estimate of drug-likeness (QED) is 0.496. The first-order valence-electron chi connectivity index (χ1n) is 8.60. The second-order valence-corrected chi connectivity index (χ2v) is 6.14. The molecule has 136 valence electrons. The standard InChI is InChI=1S/C18H28N6O/c1-4-8-24(3)9-7-15(19)18-21-11-17(23-18)14-6-5-13(20-2)10-16(14)22-12-25/h5-6,10-12,15,20H,4,7-9,19H2,1-3H3,(H,21,23)(H,22,25). The molecule has 0 radical (unpaired) electrons. The van der Waals surface area contributed by atoms with Gasteiger partial charge in [-0.3, -0.25) is 4.79 Å². The van der Waals surface area contributed by atoms with E-state index in [1.807, 2.05) is 31.4 Å². The van der Waals surface area contributed by atoms with Crippen molar-refractivity contribution >= 4 is 17.8 Å². The van der Waals surface area contributed by atoms with Gasteiger partial charge in [0.05, 0.1) is 17.4 Å². The zero-order valence-corrected chi connectivity index (χ0v) is 15.2. The lowest BCUT2D eigenvalue weighted by Gasteiger charge is -2.17. The number of carbonyl (C=O) groups excluding carboxylic acids is 1. The third-order valence-corrected chi connectivity index (χ3v) is 4.17. The number of nitrogens with zero attached hydrogens (tertiary/aromatic N) is 2. The van der Waals surface area contributed by atoms with Gasteiger partial charge in [-0.1, -0.05) is 6.92 Å². The largest absolute Gasteiger partial charge is 0.388 e. The normalized spacial score (nSPS) is 12.2. The van der Waals surface area contributed by atoms with Crippen LogP contribution in [0.2, 0.25) is 0 Å². The lowest BCUT2D eigenvalue weighted by Crippen LogP contribution is -2.24. The molecule has 0 saturated carbocycles. The van der Waals surface area contributed by atoms with E-state index in [1.165, 1.54) is 0 Å². The molecular weight excluding hydrogens is 316 g/mol. The number of hydrogen-bond donors (Lipinski definition) is 4. The highest BCUT2D eigenvalue weighted by Gasteiger charge is 2.14. The molecular formula is C18H28N6O. The minimum atomic E-state index is -0.146. The summed E-state index contributed by atoms with van der Waals surface area (Å²) >= 11 is 0. The fourth-order valence-electron chi connectivity index (χ4n) is 2.76. The molecule has 0 spiro atoms. The molecule has 5 N–H and O–H groups in total. The van der Waals surface area contributed by atoms with Crippen LogP contribution in [0.1, 0.15) is 31.6 Å². The fourth-order valence-corrected chi connectivity index (χ4v) is 2.76. The van der Waals surface area contributed by atoms with E-state index in [0.717, 1.165) is 48.7 Å². The van der Waals surface area contributed by atoms with E-state index in [9.17, 15) is 4.79 Å². The first-order valence-corrected chi connectivity index (χ1v) is 8.60. The van der Waals surface area contributed by atoms with Crippen LogP contribution in [0.4, 0.5) is 11.4 Å². The van der Waals surface area contributed by atoms with Crippen molar-refractivity contribution < 1.29 is 4.79 Å². The van der Waals surface area contributed by atoms with Crippen molar-refractivity contribution in [1.82, 2.24) is 14.9 Å². The molecule has 7 nitrogen and oxygen atoms in total. The number of aromatic amines is 1. The van der Waals surface area contributed by atoms with E-state index in [4.69, 9.17) is 5.73 Å². The van der Waals surface area contributed by atoms with Gasteiger partial charge < -0.3 is 26.3 Å². The highest BCUT2D eigenvalue weighted by Crippen LogP contribution is 2.30. The summed E-state index contributed by atoms with van der Waals surface area (Å²) in [5.74, 6) is 0.759. The first kappa shape index (κ1) is 19.0. The molecule has 2 rings (SSSR count). The lowest BCUT2D eigenvalue weighted by molar-refractivity contribution is -0.105. The molecule has 0 aliphatic heterocycles. The van der Waals surface area contributed by atoms with Gasteiger partial charge in [0.2, 0.25) is 6.41 Å². The van der Waals surface area contributed by atoms with E-state index in [1.54, 1.807) is 0 Å². The average molecular weight is 344 g/mol. The summed E-state index contributed by atoms with van der Waals surface area (Å²) < 4.78 is 0. The van der Waals surface area contributed by atoms with Crippen LogP contribution in [0.5, 0.6) is 0 Å². The first-order chi connectivity index (χ1) is 12.1. The second kappa shape index (κ2) is 9.19. The average Bonchev–Trinajstić information content (AvgIpc) is 3.10. The van der Waals surface area contributed by atoms with Gasteiger partial charge in [0.1, 0.15) is 5.82 Å². The Balaban J connectivity index is 2.13. The summed E-state index contributed by atoms with van der Waals surface area (Å²) in [6.45, 7) is 4.16.